The van der Waals surface area contributed by atoms with Gasteiger partial charge in [-0.1, -0.05) is 48.5 Å². The molecular formula is C18H31NO. The molecule has 1 aromatic carbocycles. The van der Waals surface area contributed by atoms with Gasteiger partial charge in [0.05, 0.1) is 6.61 Å². The standard InChI is InChI=1S/C18H31NO/c1-9-10-20-16-14(17(2,3)4)11-13(19-8)12-15(16)18(5,6)7/h11-12,19H,9-10H2,1-8H3. The summed E-state index contributed by atoms with van der Waals surface area (Å²) in [6.07, 6.45) is 1.03. The summed E-state index contributed by atoms with van der Waals surface area (Å²) in [6.45, 7) is 16.4. The van der Waals surface area contributed by atoms with E-state index >= 15 is 0 Å². The van der Waals surface area contributed by atoms with Gasteiger partial charge in [0.25, 0.3) is 0 Å². The number of benzene rings is 1. The van der Waals surface area contributed by atoms with Crippen molar-refractivity contribution in [2.24, 2.45) is 0 Å². The van der Waals surface area contributed by atoms with Crippen molar-refractivity contribution in [2.75, 3.05) is 19.0 Å². The van der Waals surface area contributed by atoms with Crippen molar-refractivity contribution in [3.05, 3.63) is 23.3 Å². The minimum absolute atomic E-state index is 0.0654. The molecule has 0 fully saturated rings. The van der Waals surface area contributed by atoms with E-state index in [0.29, 0.717) is 0 Å². The molecule has 20 heavy (non-hydrogen) atoms. The Balaban J connectivity index is 3.54. The normalized spacial score (nSPS) is 12.4. The van der Waals surface area contributed by atoms with Crippen LogP contribution >= 0.6 is 0 Å². The molecule has 0 aliphatic heterocycles. The van der Waals surface area contributed by atoms with E-state index in [2.05, 4.69) is 65.9 Å². The molecule has 0 saturated carbocycles. The van der Waals surface area contributed by atoms with Gasteiger partial charge in [-0.3, -0.25) is 0 Å². The minimum Gasteiger partial charge on any atom is -0.493 e. The lowest BCUT2D eigenvalue weighted by Crippen LogP contribution is -2.20. The van der Waals surface area contributed by atoms with Crippen LogP contribution in [-0.4, -0.2) is 13.7 Å². The van der Waals surface area contributed by atoms with Crippen LogP contribution in [0.1, 0.15) is 66.0 Å². The molecule has 0 radical (unpaired) electrons. The highest BCUT2D eigenvalue weighted by atomic mass is 16.5. The summed E-state index contributed by atoms with van der Waals surface area (Å²) in [5.41, 5.74) is 3.85. The van der Waals surface area contributed by atoms with Gasteiger partial charge in [-0.2, -0.15) is 0 Å². The molecule has 0 spiro atoms. The molecule has 0 aromatic heterocycles. The van der Waals surface area contributed by atoms with Crippen molar-refractivity contribution >= 4 is 5.69 Å². The fourth-order valence-electron chi connectivity index (χ4n) is 2.25. The molecule has 0 aliphatic rings. The molecule has 0 atom stereocenters. The van der Waals surface area contributed by atoms with Gasteiger partial charge in [-0.05, 0) is 29.4 Å². The molecule has 114 valence electrons. The quantitative estimate of drug-likeness (QED) is 0.825. The van der Waals surface area contributed by atoms with Gasteiger partial charge in [-0.15, -0.1) is 0 Å². The van der Waals surface area contributed by atoms with Crippen molar-refractivity contribution < 1.29 is 4.74 Å². The van der Waals surface area contributed by atoms with E-state index in [9.17, 15) is 0 Å². The highest BCUT2D eigenvalue weighted by molar-refractivity contribution is 5.59. The lowest BCUT2D eigenvalue weighted by atomic mass is 9.79. The van der Waals surface area contributed by atoms with E-state index in [0.717, 1.165) is 24.5 Å². The Bertz CT molecular complexity index is 414. The summed E-state index contributed by atoms with van der Waals surface area (Å²) in [5, 5.41) is 3.28. The SMILES string of the molecule is CCCOc1c(C(C)(C)C)cc(NC)cc1C(C)(C)C. The monoisotopic (exact) mass is 277 g/mol. The summed E-state index contributed by atoms with van der Waals surface area (Å²) < 4.78 is 6.14. The van der Waals surface area contributed by atoms with Crippen molar-refractivity contribution in [3.63, 3.8) is 0 Å². The molecule has 0 heterocycles. The van der Waals surface area contributed by atoms with E-state index in [-0.39, 0.29) is 10.8 Å². The molecule has 0 bridgehead atoms. The molecule has 0 saturated heterocycles. The van der Waals surface area contributed by atoms with E-state index in [1.807, 2.05) is 7.05 Å². The van der Waals surface area contributed by atoms with Gasteiger partial charge in [0.2, 0.25) is 0 Å². The molecule has 1 aromatic rings. The molecule has 0 aliphatic carbocycles. The highest BCUT2D eigenvalue weighted by Crippen LogP contribution is 2.41. The van der Waals surface area contributed by atoms with Crippen molar-refractivity contribution in [1.29, 1.82) is 0 Å². The zero-order valence-electron chi connectivity index (χ0n) is 14.5. The number of hydrogen-bond donors (Lipinski definition) is 1. The Hall–Kier alpha value is -1.18. The highest BCUT2D eigenvalue weighted by Gasteiger charge is 2.27. The predicted octanol–water partition coefficient (Wildman–Crippen LogP) is 5.11. The van der Waals surface area contributed by atoms with Crippen LogP contribution < -0.4 is 10.1 Å². The van der Waals surface area contributed by atoms with E-state index < -0.39 is 0 Å². The summed E-state index contributed by atoms with van der Waals surface area (Å²) in [6, 6.07) is 4.44. The van der Waals surface area contributed by atoms with Crippen LogP contribution in [0.2, 0.25) is 0 Å². The van der Waals surface area contributed by atoms with E-state index in [1.54, 1.807) is 0 Å². The Morgan fingerprint density at radius 3 is 1.70 bits per heavy atom. The molecule has 2 nitrogen and oxygen atoms in total. The lowest BCUT2D eigenvalue weighted by molar-refractivity contribution is 0.300. The van der Waals surface area contributed by atoms with Crippen LogP contribution in [0.5, 0.6) is 5.75 Å². The fraction of sp³-hybridized carbons (Fsp3) is 0.667. The zero-order chi connectivity index (χ0) is 15.6. The average Bonchev–Trinajstić information content (AvgIpc) is 2.33. The molecular weight excluding hydrogens is 246 g/mol. The molecule has 0 amide bonds. The molecule has 1 rings (SSSR count). The second-order valence-corrected chi connectivity index (χ2v) is 7.50. The van der Waals surface area contributed by atoms with Crippen LogP contribution in [0.4, 0.5) is 5.69 Å². The third kappa shape index (κ3) is 3.91. The first-order valence-electron chi connectivity index (χ1n) is 7.60. The van der Waals surface area contributed by atoms with Crippen molar-refractivity contribution in [3.8, 4) is 5.75 Å². The van der Waals surface area contributed by atoms with Crippen LogP contribution in [0.15, 0.2) is 12.1 Å². The van der Waals surface area contributed by atoms with Crippen LogP contribution in [-0.2, 0) is 10.8 Å². The lowest BCUT2D eigenvalue weighted by Gasteiger charge is -2.30. The first kappa shape index (κ1) is 16.9. The number of hydrogen-bond acceptors (Lipinski definition) is 2. The smallest absolute Gasteiger partial charge is 0.126 e. The van der Waals surface area contributed by atoms with Gasteiger partial charge in [0, 0.05) is 23.9 Å². The Morgan fingerprint density at radius 1 is 0.950 bits per heavy atom. The maximum Gasteiger partial charge on any atom is 0.126 e. The van der Waals surface area contributed by atoms with Gasteiger partial charge in [0.15, 0.2) is 0 Å². The van der Waals surface area contributed by atoms with Gasteiger partial charge < -0.3 is 10.1 Å². The fourth-order valence-corrected chi connectivity index (χ4v) is 2.25. The molecule has 1 N–H and O–H groups in total. The van der Waals surface area contributed by atoms with E-state index in [4.69, 9.17) is 4.74 Å². The first-order valence-corrected chi connectivity index (χ1v) is 7.60. The largest absolute Gasteiger partial charge is 0.493 e. The second kappa shape index (κ2) is 6.07. The van der Waals surface area contributed by atoms with Crippen LogP contribution in [0.25, 0.3) is 0 Å². The van der Waals surface area contributed by atoms with Crippen molar-refractivity contribution in [2.45, 2.75) is 65.7 Å². The van der Waals surface area contributed by atoms with Gasteiger partial charge in [0.1, 0.15) is 5.75 Å². The Morgan fingerprint density at radius 2 is 1.40 bits per heavy atom. The first-order chi connectivity index (χ1) is 9.11. The second-order valence-electron chi connectivity index (χ2n) is 7.50. The predicted molar refractivity (Wildman–Crippen MR) is 89.2 cm³/mol. The number of nitrogens with one attached hydrogen (secondary N) is 1. The minimum atomic E-state index is 0.0654. The average molecular weight is 277 g/mol. The van der Waals surface area contributed by atoms with Crippen LogP contribution in [0.3, 0.4) is 0 Å². The number of ether oxygens (including phenoxy) is 1. The van der Waals surface area contributed by atoms with Crippen LogP contribution in [0, 0.1) is 0 Å². The van der Waals surface area contributed by atoms with Gasteiger partial charge in [-0.25, -0.2) is 0 Å². The third-order valence-corrected chi connectivity index (χ3v) is 3.44. The summed E-state index contributed by atoms with van der Waals surface area (Å²) in [4.78, 5) is 0. The summed E-state index contributed by atoms with van der Waals surface area (Å²) in [5.74, 6) is 1.07. The zero-order valence-corrected chi connectivity index (χ0v) is 14.5. The Labute approximate surface area is 124 Å². The number of rotatable bonds is 4. The molecule has 0 unspecified atom stereocenters. The maximum atomic E-state index is 6.14. The molecule has 2 heteroatoms. The third-order valence-electron chi connectivity index (χ3n) is 3.44. The Kier molecular flexibility index (Phi) is 5.12. The summed E-state index contributed by atoms with van der Waals surface area (Å²) >= 11 is 0. The summed E-state index contributed by atoms with van der Waals surface area (Å²) in [7, 11) is 1.97. The number of anilines is 1. The van der Waals surface area contributed by atoms with Gasteiger partial charge >= 0.3 is 0 Å². The van der Waals surface area contributed by atoms with Crippen molar-refractivity contribution in [1.82, 2.24) is 0 Å². The maximum absolute atomic E-state index is 6.14. The van der Waals surface area contributed by atoms with E-state index in [1.165, 1.54) is 11.1 Å². The topological polar surface area (TPSA) is 21.3 Å².